The first-order valence-electron chi connectivity index (χ1n) is 8.08. The predicted molar refractivity (Wildman–Crippen MR) is 93.7 cm³/mol. The van der Waals surface area contributed by atoms with E-state index >= 15 is 0 Å². The molecule has 0 spiro atoms. The topological polar surface area (TPSA) is 34.0 Å². The van der Waals surface area contributed by atoms with Crippen molar-refractivity contribution in [2.45, 2.75) is 25.7 Å². The second-order valence-corrected chi connectivity index (χ2v) is 5.77. The summed E-state index contributed by atoms with van der Waals surface area (Å²) in [6.07, 6.45) is 4.42. The Morgan fingerprint density at radius 2 is 1.04 bits per heavy atom. The fourth-order valence-corrected chi connectivity index (χ4v) is 3.01. The summed E-state index contributed by atoms with van der Waals surface area (Å²) in [4.78, 5) is 9.38. The molecule has 0 atom stereocenters. The zero-order valence-corrected chi connectivity index (χ0v) is 12.9. The number of aliphatic imine (C=N–C) groups is 2. The summed E-state index contributed by atoms with van der Waals surface area (Å²) >= 11 is 0. The van der Waals surface area contributed by atoms with E-state index in [1.54, 1.807) is 0 Å². The molecule has 114 valence electrons. The molecule has 0 aromatic heterocycles. The first kappa shape index (κ1) is 13.9. The van der Waals surface area contributed by atoms with Crippen molar-refractivity contribution in [3.05, 3.63) is 71.8 Å². The Bertz CT molecular complexity index is 721. The van der Waals surface area contributed by atoms with Gasteiger partial charge in [-0.3, -0.25) is 0 Å². The van der Waals surface area contributed by atoms with Gasteiger partial charge in [0.2, 0.25) is 11.8 Å². The average Bonchev–Trinajstić information content (AvgIpc) is 2.95. The van der Waals surface area contributed by atoms with Crippen molar-refractivity contribution in [1.82, 2.24) is 0 Å². The van der Waals surface area contributed by atoms with Crippen LogP contribution in [0.3, 0.4) is 0 Å². The van der Waals surface area contributed by atoms with E-state index in [1.807, 2.05) is 60.7 Å². The van der Waals surface area contributed by atoms with Crippen LogP contribution in [0, 0.1) is 0 Å². The van der Waals surface area contributed by atoms with Crippen LogP contribution in [0.4, 0.5) is 11.4 Å². The maximum absolute atomic E-state index is 6.04. The Kier molecular flexibility index (Phi) is 3.76. The first-order valence-corrected chi connectivity index (χ1v) is 8.08. The Balaban J connectivity index is 1.73. The van der Waals surface area contributed by atoms with Gasteiger partial charge in [-0.25, -0.2) is 9.98 Å². The van der Waals surface area contributed by atoms with E-state index in [0.717, 1.165) is 36.0 Å². The Hall–Kier alpha value is -2.68. The van der Waals surface area contributed by atoms with Gasteiger partial charge in [0.05, 0.1) is 11.4 Å². The highest BCUT2D eigenvalue weighted by Crippen LogP contribution is 2.34. The van der Waals surface area contributed by atoms with E-state index < -0.39 is 0 Å². The third-order valence-corrected chi connectivity index (χ3v) is 4.15. The minimum absolute atomic E-state index is 0.723. The van der Waals surface area contributed by atoms with Crippen molar-refractivity contribution in [2.75, 3.05) is 0 Å². The summed E-state index contributed by atoms with van der Waals surface area (Å²) in [5.74, 6) is 1.45. The zero-order valence-electron chi connectivity index (χ0n) is 12.9. The molecule has 0 fully saturated rings. The number of hydrogen-bond acceptors (Lipinski definition) is 3. The highest BCUT2D eigenvalue weighted by atomic mass is 16.5. The average molecular weight is 302 g/mol. The van der Waals surface area contributed by atoms with E-state index in [4.69, 9.17) is 14.7 Å². The molecule has 0 radical (unpaired) electrons. The fraction of sp³-hybridized carbons (Fsp3) is 0.200. The molecule has 2 aromatic carbocycles. The van der Waals surface area contributed by atoms with Crippen molar-refractivity contribution >= 4 is 23.2 Å². The number of para-hydroxylation sites is 2. The number of hydrogen-bond donors (Lipinski definition) is 0. The standard InChI is InChI=1S/C20H18N2O/c1-3-9-15(10-4-1)21-19-17-13-7-8-14-18(17)20(23-19)22-16-11-5-2-6-12-16/h1-6,9-12H,7-8,13-14H2. The van der Waals surface area contributed by atoms with Crippen molar-refractivity contribution < 1.29 is 4.74 Å². The Labute approximate surface area is 136 Å². The molecule has 2 aliphatic rings. The van der Waals surface area contributed by atoms with Crippen LogP contribution >= 0.6 is 0 Å². The van der Waals surface area contributed by atoms with E-state index in [2.05, 4.69) is 0 Å². The molecule has 0 saturated carbocycles. The summed E-state index contributed by atoms with van der Waals surface area (Å²) in [5.41, 5.74) is 4.30. The summed E-state index contributed by atoms with van der Waals surface area (Å²) in [6, 6.07) is 19.9. The summed E-state index contributed by atoms with van der Waals surface area (Å²) in [5, 5.41) is 0. The van der Waals surface area contributed by atoms with E-state index in [0.29, 0.717) is 0 Å². The monoisotopic (exact) mass is 302 g/mol. The van der Waals surface area contributed by atoms with Crippen LogP contribution in [-0.2, 0) is 4.74 Å². The van der Waals surface area contributed by atoms with Crippen LogP contribution in [0.1, 0.15) is 25.7 Å². The first-order chi connectivity index (χ1) is 11.4. The van der Waals surface area contributed by atoms with Gasteiger partial charge in [-0.15, -0.1) is 0 Å². The molecular formula is C20H18N2O. The maximum Gasteiger partial charge on any atom is 0.225 e. The highest BCUT2D eigenvalue weighted by Gasteiger charge is 2.31. The van der Waals surface area contributed by atoms with Gasteiger partial charge in [0.25, 0.3) is 0 Å². The van der Waals surface area contributed by atoms with E-state index in [1.165, 1.54) is 24.0 Å². The van der Waals surface area contributed by atoms with Crippen molar-refractivity contribution in [3.8, 4) is 0 Å². The van der Waals surface area contributed by atoms with Gasteiger partial charge in [-0.1, -0.05) is 36.4 Å². The molecule has 2 aromatic rings. The van der Waals surface area contributed by atoms with Crippen molar-refractivity contribution in [3.63, 3.8) is 0 Å². The summed E-state index contributed by atoms with van der Waals surface area (Å²) in [6.45, 7) is 0. The molecule has 23 heavy (non-hydrogen) atoms. The van der Waals surface area contributed by atoms with Gasteiger partial charge in [-0.05, 0) is 49.9 Å². The lowest BCUT2D eigenvalue weighted by molar-refractivity contribution is 0.558. The van der Waals surface area contributed by atoms with Gasteiger partial charge in [0.1, 0.15) is 0 Å². The zero-order chi connectivity index (χ0) is 15.5. The number of ether oxygens (including phenoxy) is 1. The van der Waals surface area contributed by atoms with Gasteiger partial charge in [0, 0.05) is 11.1 Å². The van der Waals surface area contributed by atoms with Gasteiger partial charge in [-0.2, -0.15) is 0 Å². The molecule has 0 unspecified atom stereocenters. The highest BCUT2D eigenvalue weighted by molar-refractivity contribution is 6.17. The molecule has 4 rings (SSSR count). The summed E-state index contributed by atoms with van der Waals surface area (Å²) < 4.78 is 6.04. The number of rotatable bonds is 2. The third kappa shape index (κ3) is 2.95. The largest absolute Gasteiger partial charge is 0.420 e. The van der Waals surface area contributed by atoms with Crippen LogP contribution < -0.4 is 0 Å². The van der Waals surface area contributed by atoms with Crippen LogP contribution in [0.5, 0.6) is 0 Å². The van der Waals surface area contributed by atoms with Gasteiger partial charge >= 0.3 is 0 Å². The van der Waals surface area contributed by atoms with Crippen molar-refractivity contribution in [2.24, 2.45) is 9.98 Å². The van der Waals surface area contributed by atoms with Crippen LogP contribution in [0.2, 0.25) is 0 Å². The van der Waals surface area contributed by atoms with E-state index in [-0.39, 0.29) is 0 Å². The smallest absolute Gasteiger partial charge is 0.225 e. The molecular weight excluding hydrogens is 284 g/mol. The quantitative estimate of drug-likeness (QED) is 0.736. The molecule has 0 amide bonds. The molecule has 3 nitrogen and oxygen atoms in total. The minimum atomic E-state index is 0.723. The van der Waals surface area contributed by atoms with Gasteiger partial charge in [0.15, 0.2) is 0 Å². The molecule has 1 aliphatic heterocycles. The predicted octanol–water partition coefficient (Wildman–Crippen LogP) is 5.35. The lowest BCUT2D eigenvalue weighted by Gasteiger charge is -2.10. The second kappa shape index (κ2) is 6.21. The maximum atomic E-state index is 6.04. The third-order valence-electron chi connectivity index (χ3n) is 4.15. The number of benzene rings is 2. The normalized spacial score (nSPS) is 20.7. The van der Waals surface area contributed by atoms with Gasteiger partial charge < -0.3 is 4.74 Å². The van der Waals surface area contributed by atoms with Crippen LogP contribution in [-0.4, -0.2) is 11.8 Å². The minimum Gasteiger partial charge on any atom is -0.420 e. The molecule has 0 saturated heterocycles. The Morgan fingerprint density at radius 3 is 1.48 bits per heavy atom. The van der Waals surface area contributed by atoms with Crippen LogP contribution in [0.15, 0.2) is 81.8 Å². The van der Waals surface area contributed by atoms with Crippen LogP contribution in [0.25, 0.3) is 0 Å². The summed E-state index contributed by atoms with van der Waals surface area (Å²) in [7, 11) is 0. The molecule has 1 aliphatic carbocycles. The SMILES string of the molecule is c1ccc(N=C2OC(=Nc3ccccc3)C3=C2CCCC3)cc1. The molecule has 0 N–H and O–H groups in total. The molecule has 3 heteroatoms. The lowest BCUT2D eigenvalue weighted by atomic mass is 9.93. The lowest BCUT2D eigenvalue weighted by Crippen LogP contribution is -2.03. The molecule has 0 bridgehead atoms. The number of nitrogens with zero attached hydrogens (tertiary/aromatic N) is 2. The Morgan fingerprint density at radius 1 is 0.609 bits per heavy atom. The van der Waals surface area contributed by atoms with E-state index in [9.17, 15) is 0 Å². The van der Waals surface area contributed by atoms with Crippen molar-refractivity contribution in [1.29, 1.82) is 0 Å². The second-order valence-electron chi connectivity index (χ2n) is 5.77. The fourth-order valence-electron chi connectivity index (χ4n) is 3.01. The molecule has 1 heterocycles.